The highest BCUT2D eigenvalue weighted by atomic mass is 16.5. The number of hydrogen-bond donors (Lipinski definition) is 2. The molecular weight excluding hydrogens is 352 g/mol. The molecule has 1 aromatic rings. The highest BCUT2D eigenvalue weighted by Gasteiger charge is 2.39. The first-order chi connectivity index (χ1) is 13.8. The van der Waals surface area contributed by atoms with Gasteiger partial charge < -0.3 is 20.1 Å². The fourth-order valence-corrected chi connectivity index (χ4v) is 4.13. The minimum absolute atomic E-state index is 0.178. The molecule has 1 aromatic carbocycles. The number of para-hydroxylation sites is 1. The summed E-state index contributed by atoms with van der Waals surface area (Å²) in [5.74, 6) is 1.70. The molecule has 0 radical (unpaired) electrons. The molecule has 154 valence electrons. The van der Waals surface area contributed by atoms with E-state index in [1.165, 1.54) is 25.9 Å². The Balaban J connectivity index is 1.57. The molecular formula is C22H34N4O2. The summed E-state index contributed by atoms with van der Waals surface area (Å²) in [4.78, 5) is 7.09. The van der Waals surface area contributed by atoms with Gasteiger partial charge in [-0.15, -0.1) is 0 Å². The third-order valence-corrected chi connectivity index (χ3v) is 5.78. The maximum absolute atomic E-state index is 5.75. The lowest BCUT2D eigenvalue weighted by Crippen LogP contribution is -2.58. The summed E-state index contributed by atoms with van der Waals surface area (Å²) in [5.41, 5.74) is 1.28. The lowest BCUT2D eigenvalue weighted by Gasteiger charge is -2.45. The minimum atomic E-state index is 0.178. The summed E-state index contributed by atoms with van der Waals surface area (Å²) in [6.45, 7) is 9.86. The van der Waals surface area contributed by atoms with Crippen molar-refractivity contribution in [3.05, 3.63) is 42.5 Å². The average molecular weight is 387 g/mol. The van der Waals surface area contributed by atoms with E-state index < -0.39 is 0 Å². The Morgan fingerprint density at radius 2 is 2.00 bits per heavy atom. The number of aliphatic imine (C=N–C) groups is 1. The van der Waals surface area contributed by atoms with Crippen molar-refractivity contribution in [1.29, 1.82) is 0 Å². The first-order valence-corrected chi connectivity index (χ1v) is 10.4. The number of hydrogen-bond acceptors (Lipinski definition) is 4. The number of ether oxygens (including phenoxy) is 2. The first-order valence-electron chi connectivity index (χ1n) is 10.4. The second-order valence-corrected chi connectivity index (χ2v) is 7.52. The molecule has 2 heterocycles. The smallest absolute Gasteiger partial charge is 0.191 e. The number of guanidine groups is 1. The largest absolute Gasteiger partial charge is 0.489 e. The zero-order valence-corrected chi connectivity index (χ0v) is 17.1. The van der Waals surface area contributed by atoms with Gasteiger partial charge in [-0.3, -0.25) is 9.89 Å². The molecule has 0 amide bonds. The van der Waals surface area contributed by atoms with Crippen molar-refractivity contribution >= 4 is 5.96 Å². The van der Waals surface area contributed by atoms with Crippen molar-refractivity contribution in [1.82, 2.24) is 15.5 Å². The number of likely N-dealkylation sites (tertiary alicyclic amines) is 1. The number of nitrogens with one attached hydrogen (secondary N) is 2. The predicted molar refractivity (Wildman–Crippen MR) is 114 cm³/mol. The van der Waals surface area contributed by atoms with E-state index >= 15 is 0 Å². The van der Waals surface area contributed by atoms with E-state index in [0.29, 0.717) is 13.2 Å². The van der Waals surface area contributed by atoms with E-state index in [-0.39, 0.29) is 5.54 Å². The molecule has 3 rings (SSSR count). The molecule has 2 aliphatic rings. The van der Waals surface area contributed by atoms with Crippen LogP contribution in [0.5, 0.6) is 5.75 Å². The normalized spacial score (nSPS) is 20.0. The van der Waals surface area contributed by atoms with Gasteiger partial charge in [-0.2, -0.15) is 0 Å². The summed E-state index contributed by atoms with van der Waals surface area (Å²) in [6.07, 6.45) is 6.52. The zero-order valence-electron chi connectivity index (χ0n) is 17.1. The van der Waals surface area contributed by atoms with E-state index in [4.69, 9.17) is 9.47 Å². The number of rotatable bonds is 8. The zero-order chi connectivity index (χ0) is 19.7. The van der Waals surface area contributed by atoms with Gasteiger partial charge in [0.1, 0.15) is 12.4 Å². The van der Waals surface area contributed by atoms with Crippen LogP contribution < -0.4 is 15.4 Å². The highest BCUT2D eigenvalue weighted by Crippen LogP contribution is 2.30. The number of nitrogens with zero attached hydrogens (tertiary/aromatic N) is 2. The second kappa shape index (κ2) is 10.5. The average Bonchev–Trinajstić information content (AvgIpc) is 3.29. The van der Waals surface area contributed by atoms with Crippen LogP contribution in [0.25, 0.3) is 0 Å². The van der Waals surface area contributed by atoms with Crippen LogP contribution in [0, 0.1) is 0 Å². The van der Waals surface area contributed by atoms with Crippen LogP contribution in [-0.2, 0) is 11.3 Å². The Labute approximate surface area is 169 Å². The number of benzene rings is 1. The van der Waals surface area contributed by atoms with Crippen LogP contribution in [0.2, 0.25) is 0 Å². The summed E-state index contributed by atoms with van der Waals surface area (Å²) in [5, 5.41) is 7.01. The third-order valence-electron chi connectivity index (χ3n) is 5.78. The van der Waals surface area contributed by atoms with Gasteiger partial charge >= 0.3 is 0 Å². The van der Waals surface area contributed by atoms with Gasteiger partial charge in [-0.1, -0.05) is 30.9 Å². The minimum Gasteiger partial charge on any atom is -0.489 e. The van der Waals surface area contributed by atoms with Gasteiger partial charge in [-0.25, -0.2) is 0 Å². The Morgan fingerprint density at radius 3 is 2.71 bits per heavy atom. The Bertz CT molecular complexity index is 650. The fraction of sp³-hybridized carbons (Fsp3) is 0.591. The maximum Gasteiger partial charge on any atom is 0.191 e. The molecule has 6 heteroatoms. The van der Waals surface area contributed by atoms with Gasteiger partial charge in [0.25, 0.3) is 0 Å². The summed E-state index contributed by atoms with van der Waals surface area (Å²) in [6, 6.07) is 8.07. The van der Waals surface area contributed by atoms with Crippen LogP contribution in [0.15, 0.2) is 41.9 Å². The molecule has 0 atom stereocenters. The highest BCUT2D eigenvalue weighted by molar-refractivity contribution is 5.79. The molecule has 0 bridgehead atoms. The van der Waals surface area contributed by atoms with E-state index in [1.807, 2.05) is 25.2 Å². The van der Waals surface area contributed by atoms with Crippen LogP contribution in [0.4, 0.5) is 0 Å². The van der Waals surface area contributed by atoms with Crippen LogP contribution in [0.1, 0.15) is 31.2 Å². The van der Waals surface area contributed by atoms with Crippen molar-refractivity contribution in [2.45, 2.75) is 37.8 Å². The molecule has 0 spiro atoms. The molecule has 0 saturated carbocycles. The molecule has 2 fully saturated rings. The molecule has 28 heavy (non-hydrogen) atoms. The van der Waals surface area contributed by atoms with Crippen LogP contribution >= 0.6 is 0 Å². The maximum atomic E-state index is 5.75. The van der Waals surface area contributed by atoms with Crippen molar-refractivity contribution in [3.8, 4) is 5.75 Å². The van der Waals surface area contributed by atoms with Crippen LogP contribution in [-0.4, -0.2) is 62.9 Å². The third kappa shape index (κ3) is 5.26. The van der Waals surface area contributed by atoms with Crippen molar-refractivity contribution < 1.29 is 9.47 Å². The van der Waals surface area contributed by atoms with Gasteiger partial charge in [0.15, 0.2) is 5.96 Å². The quantitative estimate of drug-likeness (QED) is 0.409. The predicted octanol–water partition coefficient (Wildman–Crippen LogP) is 2.56. The van der Waals surface area contributed by atoms with Crippen molar-refractivity contribution in [2.24, 2.45) is 4.99 Å². The molecule has 2 saturated heterocycles. The molecule has 2 aliphatic heterocycles. The fourth-order valence-electron chi connectivity index (χ4n) is 4.13. The standard InChI is InChI=1S/C22H34N4O2/c1-3-14-28-20-9-5-4-8-19(20)17-24-21(23-2)25-18-22(10-15-27-16-11-22)26-12-6-7-13-26/h3-5,8-9H,1,6-7,10-18H2,2H3,(H2,23,24,25). The van der Waals surface area contributed by atoms with E-state index in [9.17, 15) is 0 Å². The Kier molecular flexibility index (Phi) is 7.74. The molecule has 2 N–H and O–H groups in total. The summed E-state index contributed by atoms with van der Waals surface area (Å²) < 4.78 is 11.4. The molecule has 0 aliphatic carbocycles. The topological polar surface area (TPSA) is 58.1 Å². The van der Waals surface area contributed by atoms with Gasteiger partial charge in [0, 0.05) is 44.5 Å². The van der Waals surface area contributed by atoms with Crippen LogP contribution in [0.3, 0.4) is 0 Å². The lowest BCUT2D eigenvalue weighted by molar-refractivity contribution is -0.0164. The lowest BCUT2D eigenvalue weighted by atomic mass is 9.88. The SMILES string of the molecule is C=CCOc1ccccc1CNC(=NC)NCC1(N2CCCC2)CCOCC1. The molecule has 0 unspecified atom stereocenters. The Morgan fingerprint density at radius 1 is 1.25 bits per heavy atom. The van der Waals surface area contributed by atoms with E-state index in [2.05, 4.69) is 33.2 Å². The van der Waals surface area contributed by atoms with Crippen molar-refractivity contribution in [2.75, 3.05) is 46.5 Å². The van der Waals surface area contributed by atoms with E-state index in [0.717, 1.165) is 49.9 Å². The van der Waals surface area contributed by atoms with Gasteiger partial charge in [0.05, 0.1) is 0 Å². The van der Waals surface area contributed by atoms with Gasteiger partial charge in [-0.05, 0) is 44.8 Å². The molecule has 6 nitrogen and oxygen atoms in total. The van der Waals surface area contributed by atoms with Crippen molar-refractivity contribution in [3.63, 3.8) is 0 Å². The summed E-state index contributed by atoms with van der Waals surface area (Å²) >= 11 is 0. The van der Waals surface area contributed by atoms with E-state index in [1.54, 1.807) is 6.08 Å². The second-order valence-electron chi connectivity index (χ2n) is 7.52. The summed E-state index contributed by atoms with van der Waals surface area (Å²) in [7, 11) is 1.82. The monoisotopic (exact) mass is 386 g/mol. The Hall–Kier alpha value is -2.05. The van der Waals surface area contributed by atoms with Gasteiger partial charge in [0.2, 0.25) is 0 Å². The molecule has 0 aromatic heterocycles. The first kappa shape index (κ1) is 20.7.